The van der Waals surface area contributed by atoms with E-state index in [0.717, 1.165) is 43.6 Å². The summed E-state index contributed by atoms with van der Waals surface area (Å²) in [7, 11) is 4.52. The number of hydrogen-bond donors (Lipinski definition) is 11. The van der Waals surface area contributed by atoms with Crippen molar-refractivity contribution in [1.82, 2.24) is 24.5 Å². The normalized spacial score (nSPS) is 10.5. The quantitative estimate of drug-likeness (QED) is 0.0719. The SMILES string of the molecule is COC(=O)c1c(O)c2cc(OC)ccc2n1C.O=C(O)c1c(O)ccc2c1[nH]c1ccccc12.O=C(O)c1cc2c(cc1O)[nH]c1ccccc12.O=C(O)c1ccc[nH]c1=O.OCc1ncccc1O. The molecule has 5 heterocycles. The maximum Gasteiger partial charge on any atom is 0.358 e. The van der Waals surface area contributed by atoms with E-state index in [1.54, 1.807) is 49.1 Å². The third kappa shape index (κ3) is 10.6. The standard InChI is InChI=1S/2C13H9NO3.C12H13NO4.C6H5NO3.C6H7NO2/c15-12-6-11-8(5-9(12)13(16)17)7-3-1-2-4-10(7)14-11;15-10-6-5-8-7-3-1-2-4-9(7)14-12(8)11(10)13(16)17;1-13-9-5-4-7(16-2)6-8(9)11(14)10(13)12(15)17-3;8-5-4(6(9)10)2-1-3-7-5;8-4-5-6(9)2-1-3-7-5/h2*1-6,14-15H,(H,16,17);4-6,14H,1-3H3;1-3H,(H,7,8)(H,9,10);1-3,8-9H,4H2. The summed E-state index contributed by atoms with van der Waals surface area (Å²) in [6.07, 6.45) is 2.90. The second kappa shape index (κ2) is 21.7. The Hall–Kier alpha value is -9.82. The number of phenols is 2. The smallest absolute Gasteiger partial charge is 0.358 e. The number of esters is 1. The average Bonchev–Trinajstić information content (AvgIpc) is 3.99. The van der Waals surface area contributed by atoms with Gasteiger partial charge >= 0.3 is 23.9 Å². The van der Waals surface area contributed by atoms with Gasteiger partial charge in [0.2, 0.25) is 0 Å². The molecule has 0 aliphatic rings. The number of methoxy groups -OCH3 is 2. The van der Waals surface area contributed by atoms with Crippen LogP contribution in [-0.2, 0) is 18.4 Å². The van der Waals surface area contributed by atoms with E-state index in [1.165, 1.54) is 55.9 Å². The van der Waals surface area contributed by atoms with Crippen molar-refractivity contribution in [3.05, 3.63) is 166 Å². The van der Waals surface area contributed by atoms with Crippen LogP contribution in [0.25, 0.3) is 54.5 Å². The summed E-state index contributed by atoms with van der Waals surface area (Å²) in [5, 5.41) is 77.1. The molecule has 0 spiro atoms. The van der Waals surface area contributed by atoms with Crippen molar-refractivity contribution >= 4 is 78.4 Å². The number of carbonyl (C=O) groups excluding carboxylic acids is 1. The molecule has 0 aliphatic carbocycles. The molecule has 0 saturated heterocycles. The van der Waals surface area contributed by atoms with E-state index in [2.05, 4.69) is 24.7 Å². The second-order valence-electron chi connectivity index (χ2n) is 14.7. The van der Waals surface area contributed by atoms with Gasteiger partial charge in [0.15, 0.2) is 11.4 Å². The monoisotopic (exact) mass is 953 g/mol. The Morgan fingerprint density at radius 1 is 0.629 bits per heavy atom. The Bertz CT molecular complexity index is 3620. The number of pyridine rings is 2. The first-order chi connectivity index (χ1) is 33.5. The molecule has 0 amide bonds. The van der Waals surface area contributed by atoms with Gasteiger partial charge in [0.05, 0.1) is 37.4 Å². The van der Waals surface area contributed by atoms with E-state index >= 15 is 0 Å². The molecule has 0 saturated carbocycles. The van der Waals surface area contributed by atoms with E-state index in [4.69, 9.17) is 30.3 Å². The number of carboxylic acid groups (broad SMARTS) is 3. The molecule has 358 valence electrons. The predicted octanol–water partition coefficient (Wildman–Crippen LogP) is 7.48. The topological polar surface area (TPSA) is 331 Å². The molecular weight excluding hydrogens is 911 g/mol. The number of aromatic hydroxyl groups is 4. The van der Waals surface area contributed by atoms with Crippen LogP contribution in [0.2, 0.25) is 0 Å². The molecule has 70 heavy (non-hydrogen) atoms. The Kier molecular flexibility index (Phi) is 15.3. The van der Waals surface area contributed by atoms with E-state index in [0.29, 0.717) is 22.3 Å². The van der Waals surface area contributed by atoms with E-state index in [-0.39, 0.29) is 52.0 Å². The Morgan fingerprint density at radius 3 is 1.86 bits per heavy atom. The molecule has 5 aromatic carbocycles. The molecular formula is C50H43N5O15. The molecule has 11 N–H and O–H groups in total. The van der Waals surface area contributed by atoms with Crippen LogP contribution in [0.3, 0.4) is 0 Å². The minimum absolute atomic E-state index is 0.0417. The molecule has 0 bridgehead atoms. The van der Waals surface area contributed by atoms with Crippen LogP contribution in [0, 0.1) is 0 Å². The summed E-state index contributed by atoms with van der Waals surface area (Å²) in [5.74, 6) is -3.92. The minimum Gasteiger partial charge on any atom is -0.507 e. The molecule has 0 unspecified atom stereocenters. The molecule has 20 nitrogen and oxygen atoms in total. The van der Waals surface area contributed by atoms with Gasteiger partial charge in [-0.1, -0.05) is 36.4 Å². The fourth-order valence-corrected chi connectivity index (χ4v) is 7.18. The fourth-order valence-electron chi connectivity index (χ4n) is 7.18. The number of aliphatic hydroxyl groups is 1. The van der Waals surface area contributed by atoms with Crippen molar-refractivity contribution in [2.24, 2.45) is 7.05 Å². The summed E-state index contributed by atoms with van der Waals surface area (Å²) in [5.41, 5.74) is 3.18. The number of fused-ring (bicyclic) bond motifs is 7. The Morgan fingerprint density at radius 2 is 1.29 bits per heavy atom. The van der Waals surface area contributed by atoms with Crippen molar-refractivity contribution < 1.29 is 69.5 Å². The molecule has 5 aromatic heterocycles. The van der Waals surface area contributed by atoms with Crippen molar-refractivity contribution in [3.63, 3.8) is 0 Å². The second-order valence-corrected chi connectivity index (χ2v) is 14.7. The highest BCUT2D eigenvalue weighted by atomic mass is 16.5. The van der Waals surface area contributed by atoms with Crippen molar-refractivity contribution in [2.75, 3.05) is 14.2 Å². The van der Waals surface area contributed by atoms with Gasteiger partial charge in [-0.15, -0.1) is 0 Å². The highest BCUT2D eigenvalue weighted by Gasteiger charge is 2.22. The number of rotatable bonds is 6. The number of carboxylic acids is 3. The van der Waals surface area contributed by atoms with E-state index in [1.807, 2.05) is 48.5 Å². The fraction of sp³-hybridized carbons (Fsp3) is 0.0800. The zero-order valence-electron chi connectivity index (χ0n) is 37.2. The third-order valence-electron chi connectivity index (χ3n) is 10.6. The van der Waals surface area contributed by atoms with Gasteiger partial charge in [-0.25, -0.2) is 19.2 Å². The number of para-hydroxylation sites is 2. The lowest BCUT2D eigenvalue weighted by Crippen LogP contribution is -2.15. The highest BCUT2D eigenvalue weighted by Crippen LogP contribution is 2.35. The number of nitrogens with one attached hydrogen (secondary N) is 3. The van der Waals surface area contributed by atoms with E-state index in [9.17, 15) is 39.3 Å². The number of benzene rings is 5. The van der Waals surface area contributed by atoms with Crippen molar-refractivity contribution in [2.45, 2.75) is 6.61 Å². The van der Waals surface area contributed by atoms with Gasteiger partial charge in [0.1, 0.15) is 45.4 Å². The lowest BCUT2D eigenvalue weighted by atomic mass is 10.1. The number of aromatic carboxylic acids is 3. The summed E-state index contributed by atoms with van der Waals surface area (Å²) in [6.45, 7) is -0.216. The van der Waals surface area contributed by atoms with Crippen LogP contribution in [0.4, 0.5) is 0 Å². The number of nitrogens with zero attached hydrogens (tertiary/aromatic N) is 2. The van der Waals surface area contributed by atoms with Crippen LogP contribution in [0.15, 0.2) is 132 Å². The molecule has 0 radical (unpaired) electrons. The van der Waals surface area contributed by atoms with Crippen LogP contribution < -0.4 is 10.3 Å². The molecule has 0 atom stereocenters. The first-order valence-electron chi connectivity index (χ1n) is 20.5. The number of hydrogen-bond acceptors (Lipinski definition) is 13. The van der Waals surface area contributed by atoms with Crippen LogP contribution in [0.1, 0.15) is 47.3 Å². The zero-order chi connectivity index (χ0) is 50.8. The van der Waals surface area contributed by atoms with E-state index < -0.39 is 29.4 Å². The zero-order valence-corrected chi connectivity index (χ0v) is 37.2. The summed E-state index contributed by atoms with van der Waals surface area (Å²) in [4.78, 5) is 66.6. The largest absolute Gasteiger partial charge is 0.507 e. The number of carbonyl (C=O) groups is 4. The molecule has 0 fully saturated rings. The number of H-pyrrole nitrogens is 3. The Labute approximate surface area is 394 Å². The van der Waals surface area contributed by atoms with Gasteiger partial charge in [-0.3, -0.25) is 9.78 Å². The first kappa shape index (κ1) is 49.6. The number of aliphatic hydroxyl groups excluding tert-OH is 1. The van der Waals surface area contributed by atoms with Crippen molar-refractivity contribution in [1.29, 1.82) is 0 Å². The number of aryl methyl sites for hydroxylation is 1. The molecule has 0 aliphatic heterocycles. The number of ether oxygens (including phenoxy) is 2. The molecule has 20 heteroatoms. The summed E-state index contributed by atoms with van der Waals surface area (Å²) >= 11 is 0. The minimum atomic E-state index is -1.21. The van der Waals surface area contributed by atoms with Crippen molar-refractivity contribution in [3.8, 4) is 28.7 Å². The van der Waals surface area contributed by atoms with Crippen LogP contribution in [0.5, 0.6) is 28.7 Å². The number of aromatic nitrogens is 5. The maximum atomic E-state index is 11.5. The molecule has 10 aromatic rings. The van der Waals surface area contributed by atoms with Gasteiger partial charge in [0, 0.05) is 63.5 Å². The average molecular weight is 954 g/mol. The Balaban J connectivity index is 0.000000147. The lowest BCUT2D eigenvalue weighted by molar-refractivity contribution is 0.0584. The first-order valence-corrected chi connectivity index (χ1v) is 20.5. The van der Waals surface area contributed by atoms with Crippen LogP contribution >= 0.6 is 0 Å². The van der Waals surface area contributed by atoms with Gasteiger partial charge in [-0.2, -0.15) is 0 Å². The van der Waals surface area contributed by atoms with Gasteiger partial charge in [-0.05, 0) is 72.8 Å². The molecule has 10 rings (SSSR count). The highest BCUT2D eigenvalue weighted by molar-refractivity contribution is 6.15. The van der Waals surface area contributed by atoms with Gasteiger partial charge < -0.3 is 69.8 Å². The van der Waals surface area contributed by atoms with Gasteiger partial charge in [0.25, 0.3) is 5.56 Å². The summed E-state index contributed by atoms with van der Waals surface area (Å²) in [6, 6.07) is 32.3. The summed E-state index contributed by atoms with van der Waals surface area (Å²) < 4.78 is 11.3. The maximum absolute atomic E-state index is 11.5. The number of aromatic amines is 3. The lowest BCUT2D eigenvalue weighted by Gasteiger charge is -2.02. The van der Waals surface area contributed by atoms with Crippen LogP contribution in [-0.4, -0.2) is 103 Å². The predicted molar refractivity (Wildman–Crippen MR) is 257 cm³/mol. The third-order valence-corrected chi connectivity index (χ3v) is 10.6.